The van der Waals surface area contributed by atoms with Gasteiger partial charge in [0.25, 0.3) is 0 Å². The van der Waals surface area contributed by atoms with Crippen LogP contribution in [0.3, 0.4) is 0 Å². The molecule has 0 aromatic heterocycles. The summed E-state index contributed by atoms with van der Waals surface area (Å²) in [5.74, 6) is -0.0918. The molecule has 0 fully saturated rings. The van der Waals surface area contributed by atoms with Gasteiger partial charge in [0, 0.05) is 5.69 Å². The lowest BCUT2D eigenvalue weighted by atomic mass is 10.1. The molecule has 0 saturated carbocycles. The molecule has 26 heavy (non-hydrogen) atoms. The van der Waals surface area contributed by atoms with Gasteiger partial charge in [-0.1, -0.05) is 25.1 Å². The molecule has 2 N–H and O–H groups in total. The van der Waals surface area contributed by atoms with Gasteiger partial charge in [-0.3, -0.25) is 9.59 Å². The maximum atomic E-state index is 12.0. The predicted molar refractivity (Wildman–Crippen MR) is 103 cm³/mol. The molecule has 0 heterocycles. The van der Waals surface area contributed by atoms with Crippen LogP contribution in [0.2, 0.25) is 0 Å². The topological polar surface area (TPSA) is 79.8 Å². The number of nitrogens with one attached hydrogen (secondary N) is 2. The molecule has 0 saturated heterocycles. The summed E-state index contributed by atoms with van der Waals surface area (Å²) in [5, 5.41) is 6.66. The zero-order valence-electron chi connectivity index (χ0n) is 15.2. The van der Waals surface area contributed by atoms with Crippen molar-refractivity contribution in [3.05, 3.63) is 59.2 Å². The van der Waals surface area contributed by atoms with Gasteiger partial charge >= 0.3 is 0 Å². The van der Waals surface area contributed by atoms with E-state index in [0.717, 1.165) is 34.5 Å². The molecule has 2 aromatic carbocycles. The number of nitrogens with zero attached hydrogens (tertiary/aromatic N) is 1. The van der Waals surface area contributed by atoms with Crippen molar-refractivity contribution in [3.8, 4) is 5.75 Å². The lowest BCUT2D eigenvalue weighted by molar-refractivity contribution is -0.126. The highest BCUT2D eigenvalue weighted by Gasteiger charge is 2.10. The number of carbonyl (C=O) groups is 2. The third-order valence-electron chi connectivity index (χ3n) is 3.86. The predicted octanol–water partition coefficient (Wildman–Crippen LogP) is 3.04. The van der Waals surface area contributed by atoms with Gasteiger partial charge in [0.05, 0.1) is 13.3 Å². The van der Waals surface area contributed by atoms with Crippen molar-refractivity contribution in [2.45, 2.75) is 26.7 Å². The lowest BCUT2D eigenvalue weighted by Gasteiger charge is -2.09. The van der Waals surface area contributed by atoms with Crippen molar-refractivity contribution in [2.24, 2.45) is 5.10 Å². The van der Waals surface area contributed by atoms with Crippen molar-refractivity contribution in [2.75, 3.05) is 12.4 Å². The largest absolute Gasteiger partial charge is 0.497 e. The Morgan fingerprint density at radius 1 is 1.15 bits per heavy atom. The highest BCUT2D eigenvalue weighted by atomic mass is 16.5. The molecule has 0 spiro atoms. The number of benzene rings is 2. The van der Waals surface area contributed by atoms with Gasteiger partial charge in [-0.15, -0.1) is 0 Å². The molecule has 0 aliphatic heterocycles. The van der Waals surface area contributed by atoms with Crippen LogP contribution >= 0.6 is 0 Å². The van der Waals surface area contributed by atoms with Gasteiger partial charge in [0.15, 0.2) is 0 Å². The van der Waals surface area contributed by atoms with Gasteiger partial charge < -0.3 is 10.1 Å². The summed E-state index contributed by atoms with van der Waals surface area (Å²) in [4.78, 5) is 23.9. The van der Waals surface area contributed by atoms with Crippen molar-refractivity contribution in [1.82, 2.24) is 5.43 Å². The van der Waals surface area contributed by atoms with E-state index in [9.17, 15) is 9.59 Å². The quantitative estimate of drug-likeness (QED) is 0.456. The third-order valence-corrected chi connectivity index (χ3v) is 3.86. The fourth-order valence-corrected chi connectivity index (χ4v) is 2.42. The van der Waals surface area contributed by atoms with Crippen LogP contribution in [0.4, 0.5) is 5.69 Å². The normalized spacial score (nSPS) is 10.6. The molecule has 0 aliphatic rings. The van der Waals surface area contributed by atoms with Gasteiger partial charge in [-0.05, 0) is 54.3 Å². The van der Waals surface area contributed by atoms with Crippen LogP contribution in [-0.4, -0.2) is 25.1 Å². The summed E-state index contributed by atoms with van der Waals surface area (Å²) in [6.45, 7) is 3.93. The summed E-state index contributed by atoms with van der Waals surface area (Å²) in [6.07, 6.45) is 2.04. The van der Waals surface area contributed by atoms with Gasteiger partial charge in [0.1, 0.15) is 12.2 Å². The SMILES string of the molecule is CCc1ccccc1NC(=O)CC(=O)NN=Cc1ccc(OC)cc1C. The third kappa shape index (κ3) is 5.44. The molecular formula is C20H23N3O3. The van der Waals surface area contributed by atoms with E-state index in [1.165, 1.54) is 6.21 Å². The summed E-state index contributed by atoms with van der Waals surface area (Å²) < 4.78 is 5.14. The summed E-state index contributed by atoms with van der Waals surface area (Å²) in [5.41, 5.74) is 5.94. The van der Waals surface area contributed by atoms with E-state index in [4.69, 9.17) is 4.74 Å². The number of amides is 2. The second kappa shape index (κ2) is 9.36. The molecule has 0 atom stereocenters. The molecule has 6 nitrogen and oxygen atoms in total. The molecule has 0 unspecified atom stereocenters. The second-order valence-corrected chi connectivity index (χ2v) is 5.75. The molecule has 0 aliphatic carbocycles. The molecular weight excluding hydrogens is 330 g/mol. The Balaban J connectivity index is 1.87. The van der Waals surface area contributed by atoms with Gasteiger partial charge in [-0.25, -0.2) is 5.43 Å². The Kier molecular flexibility index (Phi) is 6.91. The van der Waals surface area contributed by atoms with E-state index in [2.05, 4.69) is 15.8 Å². The smallest absolute Gasteiger partial charge is 0.249 e. The van der Waals surface area contributed by atoms with Crippen LogP contribution in [-0.2, 0) is 16.0 Å². The Bertz CT molecular complexity index is 816. The molecule has 2 rings (SSSR count). The summed E-state index contributed by atoms with van der Waals surface area (Å²) >= 11 is 0. The van der Waals surface area contributed by atoms with Crippen molar-refractivity contribution in [3.63, 3.8) is 0 Å². The minimum absolute atomic E-state index is 0.295. The monoisotopic (exact) mass is 353 g/mol. The van der Waals surface area contributed by atoms with Crippen molar-refractivity contribution in [1.29, 1.82) is 0 Å². The van der Waals surface area contributed by atoms with E-state index >= 15 is 0 Å². The van der Waals surface area contributed by atoms with Crippen LogP contribution in [0.5, 0.6) is 5.75 Å². The van der Waals surface area contributed by atoms with Gasteiger partial charge in [-0.2, -0.15) is 5.10 Å². The highest BCUT2D eigenvalue weighted by Crippen LogP contribution is 2.16. The molecule has 6 heteroatoms. The molecule has 2 aromatic rings. The van der Waals surface area contributed by atoms with Crippen LogP contribution in [0.25, 0.3) is 0 Å². The van der Waals surface area contributed by atoms with E-state index in [0.29, 0.717) is 0 Å². The Hall–Kier alpha value is -3.15. The van der Waals surface area contributed by atoms with E-state index in [-0.39, 0.29) is 12.3 Å². The van der Waals surface area contributed by atoms with Crippen LogP contribution in [0, 0.1) is 6.92 Å². The summed E-state index contributed by atoms with van der Waals surface area (Å²) in [7, 11) is 1.60. The number of anilines is 1. The number of carbonyl (C=O) groups excluding carboxylic acids is 2. The average Bonchev–Trinajstić information content (AvgIpc) is 2.63. The first-order valence-corrected chi connectivity index (χ1v) is 8.37. The van der Waals surface area contributed by atoms with Crippen LogP contribution in [0.15, 0.2) is 47.6 Å². The number of para-hydroxylation sites is 1. The number of hydrogen-bond acceptors (Lipinski definition) is 4. The molecule has 2 amide bonds. The minimum Gasteiger partial charge on any atom is -0.497 e. The first-order valence-electron chi connectivity index (χ1n) is 8.37. The van der Waals surface area contributed by atoms with E-state index < -0.39 is 5.91 Å². The number of hydrogen-bond donors (Lipinski definition) is 2. The van der Waals surface area contributed by atoms with E-state index in [1.54, 1.807) is 7.11 Å². The fraction of sp³-hybridized carbons (Fsp3) is 0.250. The maximum absolute atomic E-state index is 12.0. The first kappa shape index (κ1) is 19.2. The maximum Gasteiger partial charge on any atom is 0.249 e. The Morgan fingerprint density at radius 3 is 2.62 bits per heavy atom. The number of rotatable bonds is 7. The number of methoxy groups -OCH3 is 1. The van der Waals surface area contributed by atoms with Crippen molar-refractivity contribution < 1.29 is 14.3 Å². The standard InChI is InChI=1S/C20H23N3O3/c1-4-15-7-5-6-8-18(15)22-19(24)12-20(25)23-21-13-16-9-10-17(26-3)11-14(16)2/h5-11,13H,4,12H2,1-3H3,(H,22,24)(H,23,25). The zero-order chi connectivity index (χ0) is 18.9. The number of hydrazone groups is 1. The molecule has 0 bridgehead atoms. The zero-order valence-corrected chi connectivity index (χ0v) is 15.2. The highest BCUT2D eigenvalue weighted by molar-refractivity contribution is 6.04. The Morgan fingerprint density at radius 2 is 1.92 bits per heavy atom. The second-order valence-electron chi connectivity index (χ2n) is 5.75. The lowest BCUT2D eigenvalue weighted by Crippen LogP contribution is -2.25. The van der Waals surface area contributed by atoms with Crippen LogP contribution < -0.4 is 15.5 Å². The average molecular weight is 353 g/mol. The molecule has 0 radical (unpaired) electrons. The first-order chi connectivity index (χ1) is 12.5. The van der Waals surface area contributed by atoms with E-state index in [1.807, 2.05) is 56.3 Å². The fourth-order valence-electron chi connectivity index (χ4n) is 2.42. The summed E-state index contributed by atoms with van der Waals surface area (Å²) in [6, 6.07) is 13.1. The number of aryl methyl sites for hydroxylation is 2. The molecule has 136 valence electrons. The van der Waals surface area contributed by atoms with Crippen LogP contribution in [0.1, 0.15) is 30.0 Å². The van der Waals surface area contributed by atoms with Crippen molar-refractivity contribution >= 4 is 23.7 Å². The number of ether oxygens (including phenoxy) is 1. The Labute approximate surface area is 153 Å². The minimum atomic E-state index is -0.473. The van der Waals surface area contributed by atoms with Gasteiger partial charge in [0.2, 0.25) is 11.8 Å².